The van der Waals surface area contributed by atoms with Crippen LogP contribution in [-0.2, 0) is 14.4 Å². The van der Waals surface area contributed by atoms with E-state index < -0.39 is 88.4 Å². The van der Waals surface area contributed by atoms with Crippen molar-refractivity contribution in [3.63, 3.8) is 0 Å². The number of fused-ring (bicyclic) bond motifs is 3. The van der Waals surface area contributed by atoms with E-state index in [0.29, 0.717) is 0 Å². The number of amides is 2. The Labute approximate surface area is 187 Å². The topological polar surface area (TPSA) is 207 Å². The number of aliphatic hydroxyl groups excluding tert-OH is 3. The molecule has 0 aliphatic heterocycles. The third kappa shape index (κ3) is 2.93. The molecule has 0 heterocycles. The number of hydrogen-bond acceptors (Lipinski definition) is 9. The van der Waals surface area contributed by atoms with Gasteiger partial charge in [-0.3, -0.25) is 19.2 Å². The largest absolute Gasteiger partial charge is 0.508 e. The zero-order valence-electron chi connectivity index (χ0n) is 17.8. The van der Waals surface area contributed by atoms with Crippen LogP contribution in [0, 0.1) is 17.8 Å². The van der Waals surface area contributed by atoms with Crippen molar-refractivity contribution in [1.29, 1.82) is 0 Å². The van der Waals surface area contributed by atoms with Crippen LogP contribution in [0.5, 0.6) is 5.75 Å². The maximum absolute atomic E-state index is 13.5. The summed E-state index contributed by atoms with van der Waals surface area (Å²) < 4.78 is 0. The molecule has 1 fully saturated rings. The lowest BCUT2D eigenvalue weighted by molar-refractivity contribution is -0.209. The summed E-state index contributed by atoms with van der Waals surface area (Å²) in [5.74, 6) is -9.85. The summed E-state index contributed by atoms with van der Waals surface area (Å²) in [7, 11) is 0. The van der Waals surface area contributed by atoms with Gasteiger partial charge in [0, 0.05) is 30.9 Å². The third-order valence-electron chi connectivity index (χ3n) is 7.24. The predicted octanol–water partition coefficient (Wildman–Crippen LogP) is -0.764. The van der Waals surface area contributed by atoms with Crippen LogP contribution in [0.3, 0.4) is 0 Å². The monoisotopic (exact) mass is 460 g/mol. The Morgan fingerprint density at radius 2 is 1.82 bits per heavy atom. The van der Waals surface area contributed by atoms with E-state index in [4.69, 9.17) is 5.73 Å². The van der Waals surface area contributed by atoms with Gasteiger partial charge in [0.2, 0.25) is 5.91 Å². The van der Waals surface area contributed by atoms with E-state index >= 15 is 0 Å². The van der Waals surface area contributed by atoms with Gasteiger partial charge in [0.1, 0.15) is 23.2 Å². The van der Waals surface area contributed by atoms with Crippen molar-refractivity contribution in [2.75, 3.05) is 5.32 Å². The number of aliphatic hydroxyl groups is 4. The highest BCUT2D eigenvalue weighted by molar-refractivity contribution is 6.20. The molecule has 2 amide bonds. The number of phenolic OH excluding ortho intramolecular Hbond substituents is 1. The first-order valence-electron chi connectivity index (χ1n) is 10.4. The molecule has 0 aromatic heterocycles. The van der Waals surface area contributed by atoms with Crippen molar-refractivity contribution in [2.45, 2.75) is 44.0 Å². The van der Waals surface area contributed by atoms with Gasteiger partial charge in [0.15, 0.2) is 17.2 Å². The van der Waals surface area contributed by atoms with E-state index in [-0.39, 0.29) is 16.8 Å². The van der Waals surface area contributed by atoms with Gasteiger partial charge in [-0.15, -0.1) is 0 Å². The Hall–Kier alpha value is -3.28. The second kappa shape index (κ2) is 7.37. The molecule has 3 aliphatic carbocycles. The zero-order valence-corrected chi connectivity index (χ0v) is 17.8. The molecule has 0 bridgehead atoms. The van der Waals surface area contributed by atoms with Crippen molar-refractivity contribution in [3.05, 3.63) is 34.6 Å². The fraction of sp³-hybridized carbons (Fsp3) is 0.455. The van der Waals surface area contributed by atoms with Crippen LogP contribution in [-0.4, -0.2) is 66.7 Å². The second-order valence-electron chi connectivity index (χ2n) is 8.94. The van der Waals surface area contributed by atoms with Gasteiger partial charge >= 0.3 is 0 Å². The van der Waals surface area contributed by atoms with Crippen LogP contribution in [0.25, 0.3) is 0 Å². The van der Waals surface area contributed by atoms with Gasteiger partial charge in [0.05, 0.1) is 17.6 Å². The fourth-order valence-electron chi connectivity index (χ4n) is 5.85. The molecule has 33 heavy (non-hydrogen) atoms. The molecule has 4 rings (SSSR count). The molecule has 0 saturated heterocycles. The van der Waals surface area contributed by atoms with Gasteiger partial charge in [-0.05, 0) is 23.6 Å². The molecule has 176 valence electrons. The summed E-state index contributed by atoms with van der Waals surface area (Å²) in [5, 5.41) is 57.3. The summed E-state index contributed by atoms with van der Waals surface area (Å²) in [6.45, 7) is 2.87. The number of ketones is 2. The van der Waals surface area contributed by atoms with Gasteiger partial charge in [-0.2, -0.15) is 0 Å². The number of benzene rings is 1. The average molecular weight is 460 g/mol. The molecule has 1 aromatic rings. The highest BCUT2D eigenvalue weighted by Crippen LogP contribution is 2.57. The standard InChI is InChI=1S/C22H24N2O9/c1-6-12-9(24-7(2)25)3-4-10(26)14(12)18(29)16-13(6)17(28)8-5-11(27)15(21(23)32)19(30)22(8,33)20(16)31/h3-4,6,8,13,16-17,20,26,28,30-31,33H,5H2,1-2H3,(H2,23,32)(H,24,25)/t6-,8?,13?,16?,17-,20?,22?/m1/s1. The van der Waals surface area contributed by atoms with Crippen LogP contribution in [0.15, 0.2) is 23.5 Å². The minimum Gasteiger partial charge on any atom is -0.508 e. The number of nitrogens with one attached hydrogen (secondary N) is 1. The molecule has 0 radical (unpaired) electrons. The smallest absolute Gasteiger partial charge is 0.255 e. The molecule has 0 spiro atoms. The number of Topliss-reactive ketones (excluding diaryl/α,β-unsaturated/α-hetero) is 2. The summed E-state index contributed by atoms with van der Waals surface area (Å²) in [6.07, 6.45) is -4.22. The number of carbonyl (C=O) groups is 4. The molecule has 1 aromatic carbocycles. The summed E-state index contributed by atoms with van der Waals surface area (Å²) in [6, 6.07) is 2.60. The first-order valence-corrected chi connectivity index (χ1v) is 10.4. The van der Waals surface area contributed by atoms with E-state index in [1.807, 2.05) is 0 Å². The van der Waals surface area contributed by atoms with Crippen LogP contribution in [0.4, 0.5) is 5.69 Å². The number of phenols is 1. The molecular formula is C22H24N2O9. The first-order chi connectivity index (χ1) is 15.3. The molecule has 11 heteroatoms. The molecule has 5 unspecified atom stereocenters. The van der Waals surface area contributed by atoms with Gasteiger partial charge < -0.3 is 36.6 Å². The zero-order chi connectivity index (χ0) is 24.6. The quantitative estimate of drug-likeness (QED) is 0.218. The first kappa shape index (κ1) is 22.9. The van der Waals surface area contributed by atoms with E-state index in [0.717, 1.165) is 0 Å². The van der Waals surface area contributed by atoms with E-state index in [1.165, 1.54) is 19.1 Å². The minimum absolute atomic E-state index is 0.200. The maximum Gasteiger partial charge on any atom is 0.255 e. The molecule has 3 aliphatic rings. The van der Waals surface area contributed by atoms with E-state index in [9.17, 15) is 44.7 Å². The summed E-state index contributed by atoms with van der Waals surface area (Å²) in [4.78, 5) is 49.3. The lowest BCUT2D eigenvalue weighted by atomic mass is 9.51. The fourth-order valence-corrected chi connectivity index (χ4v) is 5.85. The Kier molecular flexibility index (Phi) is 5.11. The van der Waals surface area contributed by atoms with Crippen LogP contribution >= 0.6 is 0 Å². The lowest BCUT2D eigenvalue weighted by Crippen LogP contribution is -2.69. The van der Waals surface area contributed by atoms with E-state index in [2.05, 4.69) is 5.32 Å². The van der Waals surface area contributed by atoms with Crippen molar-refractivity contribution in [2.24, 2.45) is 23.5 Å². The highest BCUT2D eigenvalue weighted by atomic mass is 16.4. The number of anilines is 1. The Bertz CT molecular complexity index is 1140. The summed E-state index contributed by atoms with van der Waals surface area (Å²) in [5.41, 5.74) is 1.84. The van der Waals surface area contributed by atoms with Crippen LogP contribution in [0.1, 0.15) is 42.1 Å². The molecule has 1 saturated carbocycles. The molecule has 8 N–H and O–H groups in total. The Balaban J connectivity index is 1.94. The lowest BCUT2D eigenvalue weighted by Gasteiger charge is -2.56. The van der Waals surface area contributed by atoms with Crippen molar-refractivity contribution < 1.29 is 44.7 Å². The van der Waals surface area contributed by atoms with Gasteiger partial charge in [0.25, 0.3) is 5.91 Å². The maximum atomic E-state index is 13.5. The van der Waals surface area contributed by atoms with Crippen molar-refractivity contribution in [3.8, 4) is 5.75 Å². The predicted molar refractivity (Wildman–Crippen MR) is 111 cm³/mol. The SMILES string of the molecule is CC(=O)Nc1ccc(O)c2c1[C@@H](C)C1C(C2=O)C(O)C2(O)C(O)=C(C(N)=O)C(=O)CC2[C@H]1O. The Morgan fingerprint density at radius 3 is 2.39 bits per heavy atom. The molecule has 11 nitrogen and oxygen atoms in total. The van der Waals surface area contributed by atoms with Crippen molar-refractivity contribution >= 4 is 29.1 Å². The number of rotatable bonds is 2. The number of primary amides is 1. The molecule has 7 atom stereocenters. The van der Waals surface area contributed by atoms with Gasteiger partial charge in [-0.1, -0.05) is 6.92 Å². The Morgan fingerprint density at radius 1 is 1.18 bits per heavy atom. The summed E-state index contributed by atoms with van der Waals surface area (Å²) >= 11 is 0. The second-order valence-corrected chi connectivity index (χ2v) is 8.94. The third-order valence-corrected chi connectivity index (χ3v) is 7.24. The van der Waals surface area contributed by atoms with E-state index in [1.54, 1.807) is 6.92 Å². The number of carbonyl (C=O) groups excluding carboxylic acids is 4. The highest BCUT2D eigenvalue weighted by Gasteiger charge is 2.67. The number of nitrogens with two attached hydrogens (primary N) is 1. The number of aromatic hydroxyl groups is 1. The minimum atomic E-state index is -2.70. The average Bonchev–Trinajstić information content (AvgIpc) is 2.71. The molecular weight excluding hydrogens is 436 g/mol. The van der Waals surface area contributed by atoms with Crippen LogP contribution < -0.4 is 11.1 Å². The van der Waals surface area contributed by atoms with Gasteiger partial charge in [-0.25, -0.2) is 0 Å². The number of hydrogen-bond donors (Lipinski definition) is 7. The normalized spacial score (nSPS) is 35.4. The van der Waals surface area contributed by atoms with Crippen molar-refractivity contribution in [1.82, 2.24) is 0 Å². The van der Waals surface area contributed by atoms with Crippen LogP contribution in [0.2, 0.25) is 0 Å².